The van der Waals surface area contributed by atoms with E-state index in [1.54, 1.807) is 6.07 Å². The third kappa shape index (κ3) is 6.59. The molecule has 0 fully saturated rings. The first kappa shape index (κ1) is 21.9. The lowest BCUT2D eigenvalue weighted by Crippen LogP contribution is -2.42. The molecule has 6 N–H and O–H groups in total. The number of nitrogen functional groups attached to an aromatic ring is 1. The van der Waals surface area contributed by atoms with E-state index in [2.05, 4.69) is 15.8 Å². The minimum atomic E-state index is -3.67. The van der Waals surface area contributed by atoms with E-state index in [4.69, 9.17) is 10.3 Å². The summed E-state index contributed by atoms with van der Waals surface area (Å²) in [6.07, 6.45) is 0.715. The molecule has 154 valence electrons. The second-order valence-corrected chi connectivity index (χ2v) is 7.61. The van der Waals surface area contributed by atoms with Crippen LogP contribution in [-0.2, 0) is 10.1 Å². The number of aromatic amines is 1. The standard InChI is InChI=1S/C17H15FN4O2.CH4O3S/c1-9-2-5-14-10(6-9)7-15(20-14)17(24)22-21-16(23)12-4-3-11(18)8-13(12)19;1-5(2,3)4/h2-8,20H,19H2,1H3,(H,21,23)(H,22,24);1H3,(H,2,3,4). The van der Waals surface area contributed by atoms with Crippen molar-refractivity contribution in [3.05, 3.63) is 65.1 Å². The number of benzene rings is 2. The van der Waals surface area contributed by atoms with Crippen LogP contribution in [0.4, 0.5) is 10.1 Å². The van der Waals surface area contributed by atoms with Gasteiger partial charge < -0.3 is 10.7 Å². The summed E-state index contributed by atoms with van der Waals surface area (Å²) in [6, 6.07) is 10.8. The van der Waals surface area contributed by atoms with E-state index in [9.17, 15) is 22.4 Å². The van der Waals surface area contributed by atoms with Crippen LogP contribution in [0.3, 0.4) is 0 Å². The molecule has 0 atom stereocenters. The fraction of sp³-hybridized carbons (Fsp3) is 0.111. The number of H-pyrrole nitrogens is 1. The highest BCUT2D eigenvalue weighted by Gasteiger charge is 2.13. The summed E-state index contributed by atoms with van der Waals surface area (Å²) in [5.74, 6) is -1.67. The summed E-state index contributed by atoms with van der Waals surface area (Å²) in [5.41, 5.74) is 12.4. The largest absolute Gasteiger partial charge is 0.398 e. The Balaban J connectivity index is 0.000000537. The number of nitrogens with one attached hydrogen (secondary N) is 3. The summed E-state index contributed by atoms with van der Waals surface area (Å²) in [6.45, 7) is 1.96. The van der Waals surface area contributed by atoms with Crippen molar-refractivity contribution in [3.8, 4) is 0 Å². The number of fused-ring (bicyclic) bond motifs is 1. The molecule has 0 bridgehead atoms. The molecule has 0 saturated heterocycles. The van der Waals surface area contributed by atoms with Gasteiger partial charge in [0, 0.05) is 16.6 Å². The molecule has 0 unspecified atom stereocenters. The van der Waals surface area contributed by atoms with Crippen molar-refractivity contribution in [2.75, 3.05) is 12.0 Å². The Morgan fingerprint density at radius 2 is 1.69 bits per heavy atom. The SMILES string of the molecule is CS(=O)(=O)O.Cc1ccc2[nH]c(C(=O)NNC(=O)c3ccc(F)cc3N)cc2c1. The van der Waals surface area contributed by atoms with Crippen molar-refractivity contribution in [2.45, 2.75) is 6.92 Å². The lowest BCUT2D eigenvalue weighted by Gasteiger charge is -2.08. The number of carbonyl (C=O) groups excluding carboxylic acids is 2. The first-order valence-electron chi connectivity index (χ1n) is 8.11. The van der Waals surface area contributed by atoms with Crippen LogP contribution in [0.5, 0.6) is 0 Å². The fourth-order valence-electron chi connectivity index (χ4n) is 2.36. The number of carbonyl (C=O) groups is 2. The zero-order valence-electron chi connectivity index (χ0n) is 15.5. The number of aromatic nitrogens is 1. The number of anilines is 1. The fourth-order valence-corrected chi connectivity index (χ4v) is 2.36. The van der Waals surface area contributed by atoms with E-state index in [0.29, 0.717) is 11.9 Å². The molecule has 3 rings (SSSR count). The van der Waals surface area contributed by atoms with Crippen LogP contribution in [0.25, 0.3) is 10.9 Å². The Morgan fingerprint density at radius 3 is 2.31 bits per heavy atom. The van der Waals surface area contributed by atoms with Gasteiger partial charge in [-0.05, 0) is 43.3 Å². The Morgan fingerprint density at radius 1 is 1.07 bits per heavy atom. The van der Waals surface area contributed by atoms with Crippen LogP contribution in [-0.4, -0.2) is 36.0 Å². The van der Waals surface area contributed by atoms with Gasteiger partial charge in [-0.25, -0.2) is 4.39 Å². The van der Waals surface area contributed by atoms with E-state index >= 15 is 0 Å². The van der Waals surface area contributed by atoms with E-state index in [-0.39, 0.29) is 11.3 Å². The smallest absolute Gasteiger partial charge is 0.286 e. The number of hydrogen-bond donors (Lipinski definition) is 5. The maximum Gasteiger partial charge on any atom is 0.286 e. The minimum Gasteiger partial charge on any atom is -0.398 e. The summed E-state index contributed by atoms with van der Waals surface area (Å²) < 4.78 is 38.9. The van der Waals surface area contributed by atoms with Crippen molar-refractivity contribution in [1.29, 1.82) is 0 Å². The maximum atomic E-state index is 13.0. The molecule has 11 heteroatoms. The number of hydrogen-bond acceptors (Lipinski definition) is 5. The molecule has 3 aromatic rings. The zero-order chi connectivity index (χ0) is 21.8. The van der Waals surface area contributed by atoms with Crippen LogP contribution in [0, 0.1) is 12.7 Å². The second-order valence-electron chi connectivity index (χ2n) is 6.15. The lowest BCUT2D eigenvalue weighted by molar-refractivity contribution is 0.0845. The Kier molecular flexibility index (Phi) is 6.56. The van der Waals surface area contributed by atoms with Gasteiger partial charge in [0.15, 0.2) is 0 Å². The number of nitrogens with two attached hydrogens (primary N) is 1. The highest BCUT2D eigenvalue weighted by Crippen LogP contribution is 2.17. The first-order chi connectivity index (χ1) is 13.4. The molecule has 9 nitrogen and oxygen atoms in total. The molecular formula is C18H19FN4O5S. The zero-order valence-corrected chi connectivity index (χ0v) is 16.3. The van der Waals surface area contributed by atoms with E-state index in [1.807, 2.05) is 25.1 Å². The van der Waals surface area contributed by atoms with E-state index in [1.165, 1.54) is 6.07 Å². The predicted octanol–water partition coefficient (Wildman–Crippen LogP) is 1.78. The van der Waals surface area contributed by atoms with Crippen LogP contribution >= 0.6 is 0 Å². The maximum absolute atomic E-state index is 13.0. The average Bonchev–Trinajstić information content (AvgIpc) is 3.01. The Labute approximate surface area is 165 Å². The van der Waals surface area contributed by atoms with Gasteiger partial charge in [0.2, 0.25) is 0 Å². The number of halogens is 1. The van der Waals surface area contributed by atoms with Gasteiger partial charge in [0.05, 0.1) is 11.8 Å². The van der Waals surface area contributed by atoms with Gasteiger partial charge in [-0.3, -0.25) is 25.0 Å². The first-order valence-corrected chi connectivity index (χ1v) is 9.96. The molecule has 0 aliphatic rings. The summed E-state index contributed by atoms with van der Waals surface area (Å²) in [4.78, 5) is 27.1. The van der Waals surface area contributed by atoms with Gasteiger partial charge in [0.25, 0.3) is 21.9 Å². The average molecular weight is 422 g/mol. The molecule has 0 aliphatic carbocycles. The van der Waals surface area contributed by atoms with Crippen molar-refractivity contribution in [1.82, 2.24) is 15.8 Å². The van der Waals surface area contributed by atoms with Crippen molar-refractivity contribution in [3.63, 3.8) is 0 Å². The number of aryl methyl sites for hydroxylation is 1. The molecule has 1 heterocycles. The number of amides is 2. The molecule has 2 amide bonds. The predicted molar refractivity (Wildman–Crippen MR) is 106 cm³/mol. The molecule has 0 spiro atoms. The van der Waals surface area contributed by atoms with Crippen molar-refractivity contribution in [2.24, 2.45) is 0 Å². The van der Waals surface area contributed by atoms with Crippen molar-refractivity contribution >= 4 is 38.5 Å². The normalized spacial score (nSPS) is 10.8. The van der Waals surface area contributed by atoms with Gasteiger partial charge in [-0.2, -0.15) is 8.42 Å². The molecule has 2 aromatic carbocycles. The second kappa shape index (κ2) is 8.71. The van der Waals surface area contributed by atoms with Gasteiger partial charge in [-0.1, -0.05) is 11.6 Å². The Hall–Kier alpha value is -3.44. The molecule has 1 aromatic heterocycles. The quantitative estimate of drug-likeness (QED) is 0.241. The van der Waals surface area contributed by atoms with Gasteiger partial charge in [0.1, 0.15) is 11.5 Å². The molecular weight excluding hydrogens is 403 g/mol. The highest BCUT2D eigenvalue weighted by molar-refractivity contribution is 7.85. The summed E-state index contributed by atoms with van der Waals surface area (Å²) in [5, 5.41) is 0.897. The highest BCUT2D eigenvalue weighted by atomic mass is 32.2. The van der Waals surface area contributed by atoms with Gasteiger partial charge in [-0.15, -0.1) is 0 Å². The lowest BCUT2D eigenvalue weighted by atomic mass is 10.1. The molecule has 0 aliphatic heterocycles. The monoisotopic (exact) mass is 422 g/mol. The summed E-state index contributed by atoms with van der Waals surface area (Å²) >= 11 is 0. The van der Waals surface area contributed by atoms with Gasteiger partial charge >= 0.3 is 0 Å². The van der Waals surface area contributed by atoms with Crippen LogP contribution in [0.15, 0.2) is 42.5 Å². The third-order valence-corrected chi connectivity index (χ3v) is 3.57. The topological polar surface area (TPSA) is 154 Å². The number of rotatable bonds is 2. The minimum absolute atomic E-state index is 0.0113. The summed E-state index contributed by atoms with van der Waals surface area (Å²) in [7, 11) is -3.67. The number of hydrazine groups is 1. The third-order valence-electron chi connectivity index (χ3n) is 3.57. The Bertz CT molecular complexity index is 1170. The van der Waals surface area contributed by atoms with E-state index in [0.717, 1.165) is 28.6 Å². The molecule has 0 saturated carbocycles. The molecule has 0 radical (unpaired) electrons. The molecule has 29 heavy (non-hydrogen) atoms. The van der Waals surface area contributed by atoms with Crippen LogP contribution in [0.1, 0.15) is 26.4 Å². The van der Waals surface area contributed by atoms with Crippen molar-refractivity contribution < 1.29 is 27.0 Å². The van der Waals surface area contributed by atoms with E-state index < -0.39 is 27.7 Å². The van der Waals surface area contributed by atoms with Crippen LogP contribution in [0.2, 0.25) is 0 Å². The van der Waals surface area contributed by atoms with Crippen LogP contribution < -0.4 is 16.6 Å².